The lowest BCUT2D eigenvalue weighted by Gasteiger charge is -2.28. The summed E-state index contributed by atoms with van der Waals surface area (Å²) in [6.07, 6.45) is 0. The number of benzene rings is 8. The van der Waals surface area contributed by atoms with Gasteiger partial charge in [-0.1, -0.05) is 103 Å². The van der Waals surface area contributed by atoms with Gasteiger partial charge in [-0.2, -0.15) is 0 Å². The molecule has 0 saturated heterocycles. The van der Waals surface area contributed by atoms with Crippen LogP contribution in [0.15, 0.2) is 182 Å². The van der Waals surface area contributed by atoms with Gasteiger partial charge < -0.3 is 9.80 Å². The fourth-order valence-electron chi connectivity index (χ4n) is 7.39. The van der Waals surface area contributed by atoms with Gasteiger partial charge in [0.1, 0.15) is 0 Å². The Morgan fingerprint density at radius 1 is 0.300 bits per heavy atom. The van der Waals surface area contributed by atoms with E-state index in [1.54, 1.807) is 0 Å². The molecular formula is C46H30N2S2. The Kier molecular flexibility index (Phi) is 6.90. The molecule has 10 aromatic rings. The van der Waals surface area contributed by atoms with E-state index in [0.717, 1.165) is 28.4 Å². The molecule has 0 atom stereocenters. The first-order valence-corrected chi connectivity index (χ1v) is 18.5. The van der Waals surface area contributed by atoms with E-state index in [2.05, 4.69) is 192 Å². The number of nitrogens with zero attached hydrogens (tertiary/aromatic N) is 2. The predicted molar refractivity (Wildman–Crippen MR) is 219 cm³/mol. The Morgan fingerprint density at radius 3 is 1.66 bits per heavy atom. The number of thiophene rings is 2. The Balaban J connectivity index is 1.23. The lowest BCUT2D eigenvalue weighted by Crippen LogP contribution is -2.11. The molecule has 236 valence electrons. The van der Waals surface area contributed by atoms with Gasteiger partial charge in [-0.3, -0.25) is 0 Å². The maximum atomic E-state index is 2.45. The smallest absolute Gasteiger partial charge is 0.0554 e. The van der Waals surface area contributed by atoms with Crippen LogP contribution in [0.3, 0.4) is 0 Å². The van der Waals surface area contributed by atoms with Crippen molar-refractivity contribution in [2.24, 2.45) is 0 Å². The van der Waals surface area contributed by atoms with Crippen molar-refractivity contribution in [2.75, 3.05) is 9.80 Å². The van der Waals surface area contributed by atoms with Crippen LogP contribution in [0, 0.1) is 0 Å². The number of hydrogen-bond acceptors (Lipinski definition) is 4. The zero-order valence-corrected chi connectivity index (χ0v) is 28.7. The summed E-state index contributed by atoms with van der Waals surface area (Å²) in [5.41, 5.74) is 6.89. The molecule has 2 heterocycles. The van der Waals surface area contributed by atoms with Crippen LogP contribution in [0.2, 0.25) is 0 Å². The van der Waals surface area contributed by atoms with Crippen LogP contribution in [0.1, 0.15) is 0 Å². The maximum Gasteiger partial charge on any atom is 0.0554 e. The van der Waals surface area contributed by atoms with Crippen molar-refractivity contribution < 1.29 is 0 Å². The molecule has 50 heavy (non-hydrogen) atoms. The summed E-state index contributed by atoms with van der Waals surface area (Å²) in [5, 5.41) is 7.59. The zero-order valence-electron chi connectivity index (χ0n) is 27.0. The van der Waals surface area contributed by atoms with Crippen molar-refractivity contribution >= 4 is 108 Å². The molecule has 0 bridgehead atoms. The molecule has 2 nitrogen and oxygen atoms in total. The summed E-state index contributed by atoms with van der Waals surface area (Å²) in [6, 6.07) is 66.1. The monoisotopic (exact) mass is 674 g/mol. The Morgan fingerprint density at radius 2 is 0.840 bits per heavy atom. The number of hydrogen-bond donors (Lipinski definition) is 0. The zero-order chi connectivity index (χ0) is 33.0. The van der Waals surface area contributed by atoms with Crippen LogP contribution < -0.4 is 9.80 Å². The van der Waals surface area contributed by atoms with Crippen LogP contribution in [-0.4, -0.2) is 0 Å². The lowest BCUT2D eigenvalue weighted by atomic mass is 10.0. The van der Waals surface area contributed by atoms with Crippen LogP contribution >= 0.6 is 22.7 Å². The van der Waals surface area contributed by atoms with Crippen molar-refractivity contribution in [3.05, 3.63) is 182 Å². The number of fused-ring (bicyclic) bond motifs is 7. The van der Waals surface area contributed by atoms with E-state index in [9.17, 15) is 0 Å². The summed E-state index contributed by atoms with van der Waals surface area (Å²) < 4.78 is 5.15. The predicted octanol–water partition coefficient (Wildman–Crippen LogP) is 14.5. The van der Waals surface area contributed by atoms with E-state index in [-0.39, 0.29) is 0 Å². The van der Waals surface area contributed by atoms with Gasteiger partial charge >= 0.3 is 0 Å². The second kappa shape index (κ2) is 11.9. The first kappa shape index (κ1) is 29.0. The van der Waals surface area contributed by atoms with Crippen molar-refractivity contribution in [3.8, 4) is 0 Å². The van der Waals surface area contributed by atoms with Crippen molar-refractivity contribution in [1.29, 1.82) is 0 Å². The van der Waals surface area contributed by atoms with E-state index < -0.39 is 0 Å². The molecule has 2 aromatic heterocycles. The van der Waals surface area contributed by atoms with Gasteiger partial charge in [0.15, 0.2) is 0 Å². The summed E-state index contributed by atoms with van der Waals surface area (Å²) in [6.45, 7) is 0. The van der Waals surface area contributed by atoms with E-state index in [4.69, 9.17) is 0 Å². The first-order chi connectivity index (χ1) is 24.8. The molecule has 4 heteroatoms. The van der Waals surface area contributed by atoms with E-state index >= 15 is 0 Å². The molecule has 0 aliphatic carbocycles. The third-order valence-corrected chi connectivity index (χ3v) is 11.9. The van der Waals surface area contributed by atoms with E-state index in [1.807, 2.05) is 22.7 Å². The van der Waals surface area contributed by atoms with Gasteiger partial charge in [-0.15, -0.1) is 22.7 Å². The molecule has 8 aromatic carbocycles. The average Bonchev–Trinajstić information content (AvgIpc) is 3.74. The summed E-state index contributed by atoms with van der Waals surface area (Å²) in [5.74, 6) is 0. The Hall–Kier alpha value is -5.94. The van der Waals surface area contributed by atoms with Gasteiger partial charge in [0.25, 0.3) is 0 Å². The van der Waals surface area contributed by atoms with E-state index in [1.165, 1.54) is 56.8 Å². The highest BCUT2D eigenvalue weighted by atomic mass is 32.1. The second-order valence-corrected chi connectivity index (χ2v) is 14.7. The van der Waals surface area contributed by atoms with Gasteiger partial charge in [0.2, 0.25) is 0 Å². The van der Waals surface area contributed by atoms with Crippen molar-refractivity contribution in [2.45, 2.75) is 0 Å². The fourth-order valence-corrected chi connectivity index (χ4v) is 9.63. The van der Waals surface area contributed by atoms with Crippen LogP contribution in [0.25, 0.3) is 51.1 Å². The third-order valence-electron chi connectivity index (χ3n) is 9.61. The number of para-hydroxylation sites is 2. The molecule has 0 N–H and O–H groups in total. The topological polar surface area (TPSA) is 6.48 Å². The standard InChI is InChI=1S/C46H30N2S2/c1-3-15-32(16-4-1)47(33-17-5-2-6-18-33)41-22-12-24-44-46(41)39-29-34(26-28-43(39)49-44)48(40-21-11-14-31-13-7-8-19-36(31)40)35-25-27-38-37-20-9-10-23-42(37)50-45(38)30-35/h1-30H. The maximum absolute atomic E-state index is 2.45. The van der Waals surface area contributed by atoms with Gasteiger partial charge in [-0.25, -0.2) is 0 Å². The fraction of sp³-hybridized carbons (Fsp3) is 0. The Bertz CT molecular complexity index is 2790. The largest absolute Gasteiger partial charge is 0.310 e. The highest BCUT2D eigenvalue weighted by Crippen LogP contribution is 2.48. The molecule has 0 fully saturated rings. The number of anilines is 6. The van der Waals surface area contributed by atoms with Crippen LogP contribution in [0.5, 0.6) is 0 Å². The normalized spacial score (nSPS) is 11.6. The number of rotatable bonds is 6. The highest BCUT2D eigenvalue weighted by molar-refractivity contribution is 7.26. The molecule has 0 unspecified atom stereocenters. The minimum absolute atomic E-state index is 1.13. The van der Waals surface area contributed by atoms with E-state index in [0.29, 0.717) is 0 Å². The minimum atomic E-state index is 1.13. The molecule has 10 rings (SSSR count). The minimum Gasteiger partial charge on any atom is -0.310 e. The molecule has 0 saturated carbocycles. The highest BCUT2D eigenvalue weighted by Gasteiger charge is 2.21. The molecule has 0 amide bonds. The summed E-state index contributed by atoms with van der Waals surface area (Å²) in [7, 11) is 0. The molecular weight excluding hydrogens is 645 g/mol. The van der Waals surface area contributed by atoms with Crippen LogP contribution in [0.4, 0.5) is 34.1 Å². The molecule has 0 aliphatic rings. The molecule has 0 spiro atoms. The molecule has 0 radical (unpaired) electrons. The lowest BCUT2D eigenvalue weighted by molar-refractivity contribution is 1.30. The molecule has 0 aliphatic heterocycles. The first-order valence-electron chi connectivity index (χ1n) is 16.8. The SMILES string of the molecule is c1ccc(N(c2ccccc2)c2cccc3sc4ccc(N(c5ccc6c(c5)sc5ccccc56)c5cccc6ccccc56)cc4c23)cc1. The quantitative estimate of drug-likeness (QED) is 0.173. The third kappa shape index (κ3) is 4.76. The summed E-state index contributed by atoms with van der Waals surface area (Å²) in [4.78, 5) is 4.84. The van der Waals surface area contributed by atoms with Gasteiger partial charge in [0.05, 0.1) is 11.4 Å². The average molecular weight is 675 g/mol. The Labute approximate surface area is 298 Å². The second-order valence-electron chi connectivity index (χ2n) is 12.6. The van der Waals surface area contributed by atoms with Gasteiger partial charge in [-0.05, 0) is 84.2 Å². The summed E-state index contributed by atoms with van der Waals surface area (Å²) >= 11 is 3.72. The van der Waals surface area contributed by atoms with Crippen molar-refractivity contribution in [1.82, 2.24) is 0 Å². The van der Waals surface area contributed by atoms with Crippen LogP contribution in [-0.2, 0) is 0 Å². The van der Waals surface area contributed by atoms with Gasteiger partial charge in [0, 0.05) is 68.5 Å². The van der Waals surface area contributed by atoms with Crippen molar-refractivity contribution in [3.63, 3.8) is 0 Å².